The molecule has 0 saturated heterocycles. The van der Waals surface area contributed by atoms with Crippen LogP contribution in [-0.2, 0) is 4.79 Å². The summed E-state index contributed by atoms with van der Waals surface area (Å²) in [5.41, 5.74) is 4.00. The van der Waals surface area contributed by atoms with Crippen LogP contribution >= 0.6 is 31.9 Å². The smallest absolute Gasteiger partial charge is 0.243 e. The molecule has 0 unspecified atom stereocenters. The molecule has 21 heavy (non-hydrogen) atoms. The van der Waals surface area contributed by atoms with Gasteiger partial charge in [0.15, 0.2) is 0 Å². The zero-order chi connectivity index (χ0) is 15.4. The first-order valence-electron chi connectivity index (χ1n) is 6.52. The summed E-state index contributed by atoms with van der Waals surface area (Å²) in [6, 6.07) is 11.7. The highest BCUT2D eigenvalue weighted by molar-refractivity contribution is 9.11. The summed E-state index contributed by atoms with van der Waals surface area (Å²) in [6.07, 6.45) is 0. The first-order chi connectivity index (χ1) is 9.97. The van der Waals surface area contributed by atoms with Gasteiger partial charge in [-0.15, -0.1) is 0 Å². The van der Waals surface area contributed by atoms with Gasteiger partial charge in [0.2, 0.25) is 5.91 Å². The Morgan fingerprint density at radius 3 is 2.57 bits per heavy atom. The van der Waals surface area contributed by atoms with Crippen LogP contribution in [0.5, 0.6) is 0 Å². The van der Waals surface area contributed by atoms with Gasteiger partial charge in [0.1, 0.15) is 0 Å². The lowest BCUT2D eigenvalue weighted by atomic mass is 10.1. The van der Waals surface area contributed by atoms with E-state index in [1.165, 1.54) is 0 Å². The van der Waals surface area contributed by atoms with E-state index in [-0.39, 0.29) is 12.5 Å². The lowest BCUT2D eigenvalue weighted by Crippen LogP contribution is -2.22. The van der Waals surface area contributed by atoms with E-state index >= 15 is 0 Å². The van der Waals surface area contributed by atoms with Gasteiger partial charge >= 0.3 is 0 Å². The average Bonchev–Trinajstić information content (AvgIpc) is 2.43. The van der Waals surface area contributed by atoms with E-state index in [0.717, 1.165) is 31.4 Å². The van der Waals surface area contributed by atoms with Gasteiger partial charge in [-0.1, -0.05) is 28.1 Å². The maximum atomic E-state index is 12.0. The van der Waals surface area contributed by atoms with Gasteiger partial charge in [-0.05, 0) is 65.2 Å². The minimum absolute atomic E-state index is 0.0708. The van der Waals surface area contributed by atoms with Crippen LogP contribution < -0.4 is 10.6 Å². The first-order valence-corrected chi connectivity index (χ1v) is 8.11. The van der Waals surface area contributed by atoms with Gasteiger partial charge in [-0.3, -0.25) is 4.79 Å². The standard InChI is InChI=1S/C16H16Br2N2O/c1-10-4-3-5-14(11(10)2)20-16(21)9-19-15-7-6-12(17)8-13(15)18/h3-8,19H,9H2,1-2H3,(H,20,21). The Bertz CT molecular complexity index is 671. The third kappa shape index (κ3) is 4.32. The third-order valence-electron chi connectivity index (χ3n) is 3.25. The summed E-state index contributed by atoms with van der Waals surface area (Å²) in [7, 11) is 0. The Morgan fingerprint density at radius 1 is 1.10 bits per heavy atom. The van der Waals surface area contributed by atoms with Gasteiger partial charge in [0, 0.05) is 20.3 Å². The van der Waals surface area contributed by atoms with Crippen molar-refractivity contribution in [3.05, 3.63) is 56.5 Å². The molecular formula is C16H16Br2N2O. The van der Waals surface area contributed by atoms with Crippen molar-refractivity contribution in [3.8, 4) is 0 Å². The van der Waals surface area contributed by atoms with Gasteiger partial charge in [-0.25, -0.2) is 0 Å². The van der Waals surface area contributed by atoms with Crippen LogP contribution in [0.4, 0.5) is 11.4 Å². The largest absolute Gasteiger partial charge is 0.375 e. The summed E-state index contributed by atoms with van der Waals surface area (Å²) in [5.74, 6) is -0.0708. The summed E-state index contributed by atoms with van der Waals surface area (Å²) in [6.45, 7) is 4.25. The van der Waals surface area contributed by atoms with Crippen LogP contribution in [0, 0.1) is 13.8 Å². The van der Waals surface area contributed by atoms with Crippen molar-refractivity contribution < 1.29 is 4.79 Å². The highest BCUT2D eigenvalue weighted by Crippen LogP contribution is 2.26. The lowest BCUT2D eigenvalue weighted by molar-refractivity contribution is -0.114. The van der Waals surface area contributed by atoms with E-state index < -0.39 is 0 Å². The minimum Gasteiger partial charge on any atom is -0.375 e. The summed E-state index contributed by atoms with van der Waals surface area (Å²) >= 11 is 6.86. The number of carbonyl (C=O) groups is 1. The molecule has 2 N–H and O–H groups in total. The van der Waals surface area contributed by atoms with Crippen LogP contribution in [0.15, 0.2) is 45.3 Å². The van der Waals surface area contributed by atoms with Crippen LogP contribution in [0.1, 0.15) is 11.1 Å². The normalized spacial score (nSPS) is 10.3. The van der Waals surface area contributed by atoms with E-state index in [0.29, 0.717) is 0 Å². The second kappa shape index (κ2) is 7.09. The predicted molar refractivity (Wildman–Crippen MR) is 94.9 cm³/mol. The summed E-state index contributed by atoms with van der Waals surface area (Å²) in [5, 5.41) is 6.04. The molecule has 0 saturated carbocycles. The number of carbonyl (C=O) groups excluding carboxylic acids is 1. The van der Waals surface area contributed by atoms with E-state index in [2.05, 4.69) is 42.5 Å². The molecule has 0 spiro atoms. The highest BCUT2D eigenvalue weighted by atomic mass is 79.9. The van der Waals surface area contributed by atoms with Crippen molar-refractivity contribution in [3.63, 3.8) is 0 Å². The quantitative estimate of drug-likeness (QED) is 0.752. The SMILES string of the molecule is Cc1cccc(NC(=O)CNc2ccc(Br)cc2Br)c1C. The fourth-order valence-electron chi connectivity index (χ4n) is 1.89. The van der Waals surface area contributed by atoms with Crippen LogP contribution in [0.25, 0.3) is 0 Å². The van der Waals surface area contributed by atoms with E-state index in [1.807, 2.05) is 50.2 Å². The van der Waals surface area contributed by atoms with Gasteiger partial charge in [0.05, 0.1) is 6.54 Å². The van der Waals surface area contributed by atoms with Gasteiger partial charge < -0.3 is 10.6 Å². The Hall–Kier alpha value is -1.33. The number of anilines is 2. The number of benzene rings is 2. The van der Waals surface area contributed by atoms with Crippen LogP contribution in [-0.4, -0.2) is 12.5 Å². The molecule has 0 fully saturated rings. The van der Waals surface area contributed by atoms with Crippen molar-refractivity contribution in [1.29, 1.82) is 0 Å². The Morgan fingerprint density at radius 2 is 1.86 bits per heavy atom. The lowest BCUT2D eigenvalue weighted by Gasteiger charge is -2.12. The maximum Gasteiger partial charge on any atom is 0.243 e. The first kappa shape index (κ1) is 16.0. The molecule has 0 aliphatic heterocycles. The molecule has 3 nitrogen and oxygen atoms in total. The Kier molecular flexibility index (Phi) is 5.42. The molecule has 1 amide bonds. The third-order valence-corrected chi connectivity index (χ3v) is 4.40. The van der Waals surface area contributed by atoms with Gasteiger partial charge in [-0.2, -0.15) is 0 Å². The molecule has 0 aromatic heterocycles. The molecule has 2 aromatic carbocycles. The zero-order valence-corrected chi connectivity index (χ0v) is 15.0. The van der Waals surface area contributed by atoms with Gasteiger partial charge in [0.25, 0.3) is 0 Å². The van der Waals surface area contributed by atoms with E-state index in [9.17, 15) is 4.79 Å². The Labute approximate surface area is 141 Å². The molecule has 0 aliphatic carbocycles. The second-order valence-electron chi connectivity index (χ2n) is 4.77. The topological polar surface area (TPSA) is 41.1 Å². The summed E-state index contributed by atoms with van der Waals surface area (Å²) in [4.78, 5) is 12.0. The number of amides is 1. The maximum absolute atomic E-state index is 12.0. The highest BCUT2D eigenvalue weighted by Gasteiger charge is 2.07. The minimum atomic E-state index is -0.0708. The molecule has 5 heteroatoms. The average molecular weight is 412 g/mol. The molecule has 0 heterocycles. The summed E-state index contributed by atoms with van der Waals surface area (Å²) < 4.78 is 1.90. The van der Waals surface area contributed by atoms with E-state index in [4.69, 9.17) is 0 Å². The number of nitrogens with one attached hydrogen (secondary N) is 2. The van der Waals surface area contributed by atoms with Crippen molar-refractivity contribution >= 4 is 49.1 Å². The predicted octanol–water partition coefficient (Wildman–Crippen LogP) is 4.88. The molecule has 0 bridgehead atoms. The molecule has 0 aliphatic rings. The number of hydrogen-bond donors (Lipinski definition) is 2. The van der Waals surface area contributed by atoms with Crippen molar-refractivity contribution in [2.24, 2.45) is 0 Å². The van der Waals surface area contributed by atoms with Crippen molar-refractivity contribution in [2.75, 3.05) is 17.2 Å². The monoisotopic (exact) mass is 410 g/mol. The molecular weight excluding hydrogens is 396 g/mol. The fourth-order valence-corrected chi connectivity index (χ4v) is 3.08. The van der Waals surface area contributed by atoms with E-state index in [1.54, 1.807) is 0 Å². The number of hydrogen-bond acceptors (Lipinski definition) is 2. The fraction of sp³-hybridized carbons (Fsp3) is 0.188. The zero-order valence-electron chi connectivity index (χ0n) is 11.8. The molecule has 0 radical (unpaired) electrons. The van der Waals surface area contributed by atoms with Crippen LogP contribution in [0.2, 0.25) is 0 Å². The Balaban J connectivity index is 1.97. The molecule has 0 atom stereocenters. The molecule has 2 aromatic rings. The second-order valence-corrected chi connectivity index (χ2v) is 6.54. The molecule has 110 valence electrons. The number of rotatable bonds is 4. The number of aryl methyl sites for hydroxylation is 1. The van der Waals surface area contributed by atoms with Crippen molar-refractivity contribution in [2.45, 2.75) is 13.8 Å². The number of halogens is 2. The molecule has 2 rings (SSSR count). The van der Waals surface area contributed by atoms with Crippen molar-refractivity contribution in [1.82, 2.24) is 0 Å². The van der Waals surface area contributed by atoms with Crippen LogP contribution in [0.3, 0.4) is 0 Å².